The van der Waals surface area contributed by atoms with Gasteiger partial charge in [0.2, 0.25) is 0 Å². The fourth-order valence-electron chi connectivity index (χ4n) is 2.59. The van der Waals surface area contributed by atoms with Crippen LogP contribution < -0.4 is 0 Å². The van der Waals surface area contributed by atoms with Crippen LogP contribution in [0.25, 0.3) is 0 Å². The Kier molecular flexibility index (Phi) is 4.36. The molecule has 0 aliphatic carbocycles. The largest absolute Gasteiger partial charge is 0.479 e. The fraction of sp³-hybridized carbons (Fsp3) is 0.917. The molecule has 17 heavy (non-hydrogen) atoms. The molecular weight excluding hydrogens is 220 g/mol. The maximum atomic E-state index is 10.8. The van der Waals surface area contributed by atoms with Crippen LogP contribution in [-0.4, -0.2) is 72.9 Å². The molecule has 2 aliphatic heterocycles. The predicted octanol–water partition coefficient (Wildman–Crippen LogP) is 0.256. The van der Waals surface area contributed by atoms with Gasteiger partial charge < -0.3 is 14.7 Å². The number of rotatable bonds is 3. The van der Waals surface area contributed by atoms with Gasteiger partial charge in [-0.15, -0.1) is 0 Å². The van der Waals surface area contributed by atoms with E-state index in [1.54, 1.807) is 0 Å². The van der Waals surface area contributed by atoms with Crippen molar-refractivity contribution in [2.45, 2.75) is 31.5 Å². The monoisotopic (exact) mass is 242 g/mol. The lowest BCUT2D eigenvalue weighted by molar-refractivity contribution is -0.149. The third-order valence-electron chi connectivity index (χ3n) is 3.66. The van der Waals surface area contributed by atoms with Gasteiger partial charge >= 0.3 is 5.97 Å². The minimum atomic E-state index is -0.817. The zero-order chi connectivity index (χ0) is 12.3. The van der Waals surface area contributed by atoms with Crippen LogP contribution in [0.15, 0.2) is 0 Å². The highest BCUT2D eigenvalue weighted by Crippen LogP contribution is 2.21. The molecule has 2 rings (SSSR count). The molecule has 0 bridgehead atoms. The second-order valence-electron chi connectivity index (χ2n) is 5.12. The molecule has 0 saturated carbocycles. The van der Waals surface area contributed by atoms with Crippen LogP contribution in [0.2, 0.25) is 0 Å². The zero-order valence-corrected chi connectivity index (χ0v) is 10.5. The molecule has 1 N–H and O–H groups in total. The molecule has 5 nitrogen and oxygen atoms in total. The van der Waals surface area contributed by atoms with E-state index in [0.717, 1.165) is 39.1 Å². The molecule has 0 aromatic carbocycles. The van der Waals surface area contributed by atoms with Gasteiger partial charge in [-0.2, -0.15) is 0 Å². The summed E-state index contributed by atoms with van der Waals surface area (Å²) in [6.07, 6.45) is 2.26. The van der Waals surface area contributed by atoms with E-state index in [-0.39, 0.29) is 6.10 Å². The molecule has 2 aliphatic rings. The van der Waals surface area contributed by atoms with Crippen molar-refractivity contribution in [3.05, 3.63) is 0 Å². The molecule has 0 aromatic rings. The number of carbonyl (C=O) groups is 1. The third kappa shape index (κ3) is 3.66. The second-order valence-corrected chi connectivity index (χ2v) is 5.12. The Labute approximate surface area is 102 Å². The minimum Gasteiger partial charge on any atom is -0.479 e. The highest BCUT2D eigenvalue weighted by Gasteiger charge is 2.31. The Morgan fingerprint density at radius 1 is 1.29 bits per heavy atom. The fourth-order valence-corrected chi connectivity index (χ4v) is 2.59. The lowest BCUT2D eigenvalue weighted by atomic mass is 10.2. The summed E-state index contributed by atoms with van der Waals surface area (Å²) in [6.45, 7) is 5.29. The zero-order valence-electron chi connectivity index (χ0n) is 10.5. The average molecular weight is 242 g/mol. The van der Waals surface area contributed by atoms with E-state index in [1.165, 1.54) is 6.42 Å². The smallest absolute Gasteiger partial charge is 0.332 e. The predicted molar refractivity (Wildman–Crippen MR) is 64.1 cm³/mol. The highest BCUT2D eigenvalue weighted by molar-refractivity contribution is 5.72. The van der Waals surface area contributed by atoms with Crippen molar-refractivity contribution in [3.8, 4) is 0 Å². The van der Waals surface area contributed by atoms with Crippen LogP contribution in [0.1, 0.15) is 19.3 Å². The third-order valence-corrected chi connectivity index (χ3v) is 3.66. The summed E-state index contributed by atoms with van der Waals surface area (Å²) < 4.78 is 5.54. The highest BCUT2D eigenvalue weighted by atomic mass is 16.5. The molecule has 0 radical (unpaired) electrons. The molecule has 2 fully saturated rings. The van der Waals surface area contributed by atoms with E-state index >= 15 is 0 Å². The van der Waals surface area contributed by atoms with Gasteiger partial charge in [0, 0.05) is 19.6 Å². The van der Waals surface area contributed by atoms with Crippen molar-refractivity contribution >= 4 is 5.97 Å². The van der Waals surface area contributed by atoms with Gasteiger partial charge in [0.15, 0.2) is 6.10 Å². The molecule has 2 heterocycles. The van der Waals surface area contributed by atoms with Gasteiger partial charge in [-0.05, 0) is 39.4 Å². The first kappa shape index (κ1) is 12.8. The van der Waals surface area contributed by atoms with E-state index in [0.29, 0.717) is 6.42 Å². The first-order valence-electron chi connectivity index (χ1n) is 6.44. The van der Waals surface area contributed by atoms with Crippen molar-refractivity contribution in [1.82, 2.24) is 9.80 Å². The van der Waals surface area contributed by atoms with Crippen molar-refractivity contribution in [1.29, 1.82) is 0 Å². The van der Waals surface area contributed by atoms with Crippen molar-refractivity contribution < 1.29 is 14.6 Å². The topological polar surface area (TPSA) is 53.0 Å². The summed E-state index contributed by atoms with van der Waals surface area (Å²) in [5.41, 5.74) is 0. The van der Waals surface area contributed by atoms with E-state index in [4.69, 9.17) is 9.84 Å². The van der Waals surface area contributed by atoms with Crippen molar-refractivity contribution in [3.63, 3.8) is 0 Å². The van der Waals surface area contributed by atoms with Gasteiger partial charge in [-0.3, -0.25) is 4.90 Å². The van der Waals surface area contributed by atoms with Gasteiger partial charge in [0.1, 0.15) is 0 Å². The first-order chi connectivity index (χ1) is 8.15. The second kappa shape index (κ2) is 5.80. The first-order valence-corrected chi connectivity index (χ1v) is 6.44. The summed E-state index contributed by atoms with van der Waals surface area (Å²) in [6, 6.07) is 0. The maximum Gasteiger partial charge on any atom is 0.332 e. The summed E-state index contributed by atoms with van der Waals surface area (Å²) >= 11 is 0. The number of nitrogens with zero attached hydrogens (tertiary/aromatic N) is 2. The van der Waals surface area contributed by atoms with E-state index in [2.05, 4.69) is 16.8 Å². The summed E-state index contributed by atoms with van der Waals surface area (Å²) in [5, 5.41) is 8.87. The Hall–Kier alpha value is -0.650. The summed E-state index contributed by atoms with van der Waals surface area (Å²) in [5.74, 6) is -0.817. The van der Waals surface area contributed by atoms with E-state index in [1.807, 2.05) is 0 Å². The van der Waals surface area contributed by atoms with Crippen LogP contribution in [0.5, 0.6) is 0 Å². The number of carboxylic acid groups (broad SMARTS) is 1. The Morgan fingerprint density at radius 3 is 2.82 bits per heavy atom. The number of likely N-dealkylation sites (N-methyl/N-ethyl adjacent to an activating group) is 1. The standard InChI is InChI=1S/C12H22N2O3/c1-13-5-2-6-14(8-7-13)9-10-3-4-11(17-10)12(15)16/h10-11H,2-9H2,1H3,(H,15,16). The number of hydrogen-bond acceptors (Lipinski definition) is 4. The Morgan fingerprint density at radius 2 is 2.12 bits per heavy atom. The van der Waals surface area contributed by atoms with E-state index in [9.17, 15) is 4.79 Å². The quantitative estimate of drug-likeness (QED) is 0.769. The average Bonchev–Trinajstić information content (AvgIpc) is 2.65. The minimum absolute atomic E-state index is 0.111. The summed E-state index contributed by atoms with van der Waals surface area (Å²) in [4.78, 5) is 15.5. The van der Waals surface area contributed by atoms with Crippen LogP contribution in [0.4, 0.5) is 0 Å². The van der Waals surface area contributed by atoms with Crippen molar-refractivity contribution in [2.75, 3.05) is 39.8 Å². The van der Waals surface area contributed by atoms with Crippen LogP contribution in [-0.2, 0) is 9.53 Å². The number of ether oxygens (including phenoxy) is 1. The molecule has 0 aromatic heterocycles. The molecule has 5 heteroatoms. The molecule has 0 spiro atoms. The van der Waals surface area contributed by atoms with Gasteiger partial charge in [0.25, 0.3) is 0 Å². The van der Waals surface area contributed by atoms with Crippen LogP contribution in [0, 0.1) is 0 Å². The number of aliphatic carboxylic acids is 1. The normalized spacial score (nSPS) is 32.5. The lowest BCUT2D eigenvalue weighted by Crippen LogP contribution is -2.36. The molecule has 98 valence electrons. The molecule has 0 amide bonds. The number of hydrogen-bond donors (Lipinski definition) is 1. The van der Waals surface area contributed by atoms with Crippen LogP contribution >= 0.6 is 0 Å². The van der Waals surface area contributed by atoms with Gasteiger partial charge in [0.05, 0.1) is 6.10 Å². The summed E-state index contributed by atoms with van der Waals surface area (Å²) in [7, 11) is 2.15. The number of carboxylic acids is 1. The molecule has 2 unspecified atom stereocenters. The van der Waals surface area contributed by atoms with Crippen molar-refractivity contribution in [2.24, 2.45) is 0 Å². The maximum absolute atomic E-state index is 10.8. The van der Waals surface area contributed by atoms with E-state index < -0.39 is 12.1 Å². The Bertz CT molecular complexity index is 272. The van der Waals surface area contributed by atoms with Gasteiger partial charge in [-0.25, -0.2) is 4.79 Å². The molecule has 2 saturated heterocycles. The molecular formula is C12H22N2O3. The SMILES string of the molecule is CN1CCCN(CC2CCC(C(=O)O)O2)CC1. The van der Waals surface area contributed by atoms with Crippen LogP contribution in [0.3, 0.4) is 0 Å². The van der Waals surface area contributed by atoms with Gasteiger partial charge in [-0.1, -0.05) is 0 Å². The Balaban J connectivity index is 1.76. The lowest BCUT2D eigenvalue weighted by Gasteiger charge is -2.23. The molecule has 2 atom stereocenters.